The van der Waals surface area contributed by atoms with E-state index in [9.17, 15) is 4.79 Å². The van der Waals surface area contributed by atoms with Crippen LogP contribution >= 0.6 is 11.6 Å². The first-order valence-corrected chi connectivity index (χ1v) is 5.19. The van der Waals surface area contributed by atoms with Crippen LogP contribution in [0, 0.1) is 6.92 Å². The number of hydrogen-bond donors (Lipinski definition) is 0. The third-order valence-electron chi connectivity index (χ3n) is 2.20. The summed E-state index contributed by atoms with van der Waals surface area (Å²) in [6.07, 6.45) is 3.04. The van der Waals surface area contributed by atoms with E-state index in [1.54, 1.807) is 20.0 Å². The van der Waals surface area contributed by atoms with Crippen LogP contribution in [0.3, 0.4) is 0 Å². The van der Waals surface area contributed by atoms with Gasteiger partial charge in [0.2, 0.25) is 0 Å². The quantitative estimate of drug-likeness (QED) is 0.751. The molecular formula is C10H10ClN3O2. The van der Waals surface area contributed by atoms with Crippen LogP contribution in [0.15, 0.2) is 12.4 Å². The topological polar surface area (TPSA) is 56.5 Å². The molecular weight excluding hydrogens is 230 g/mol. The fourth-order valence-electron chi connectivity index (χ4n) is 1.44. The van der Waals surface area contributed by atoms with Crippen molar-refractivity contribution in [1.82, 2.24) is 14.6 Å². The van der Waals surface area contributed by atoms with Gasteiger partial charge in [-0.25, -0.2) is 14.3 Å². The zero-order chi connectivity index (χ0) is 11.7. The molecule has 0 radical (unpaired) electrons. The van der Waals surface area contributed by atoms with Crippen LogP contribution in [0.25, 0.3) is 5.65 Å². The molecule has 0 aliphatic rings. The smallest absolute Gasteiger partial charge is 0.340 e. The number of fused-ring (bicyclic) bond motifs is 1. The highest BCUT2D eigenvalue weighted by molar-refractivity contribution is 6.29. The second-order valence-corrected chi connectivity index (χ2v) is 3.62. The maximum atomic E-state index is 11.6. The zero-order valence-corrected chi connectivity index (χ0v) is 9.65. The Morgan fingerprint density at radius 3 is 3.06 bits per heavy atom. The highest BCUT2D eigenvalue weighted by Gasteiger charge is 2.14. The van der Waals surface area contributed by atoms with E-state index in [2.05, 4.69) is 10.1 Å². The molecule has 0 aromatic carbocycles. The van der Waals surface area contributed by atoms with Crippen LogP contribution in [0.1, 0.15) is 22.8 Å². The summed E-state index contributed by atoms with van der Waals surface area (Å²) in [7, 11) is 0. The number of carbonyl (C=O) groups excluding carboxylic acids is 1. The Balaban J connectivity index is 2.55. The van der Waals surface area contributed by atoms with E-state index in [0.717, 1.165) is 0 Å². The van der Waals surface area contributed by atoms with Crippen molar-refractivity contribution >= 4 is 23.2 Å². The van der Waals surface area contributed by atoms with E-state index in [-0.39, 0.29) is 0 Å². The molecule has 0 spiro atoms. The van der Waals surface area contributed by atoms with Gasteiger partial charge in [-0.05, 0) is 13.8 Å². The lowest BCUT2D eigenvalue weighted by Gasteiger charge is -2.05. The van der Waals surface area contributed by atoms with E-state index in [1.807, 2.05) is 0 Å². The van der Waals surface area contributed by atoms with Gasteiger partial charge in [0.05, 0.1) is 24.6 Å². The largest absolute Gasteiger partial charge is 0.462 e. The maximum Gasteiger partial charge on any atom is 0.340 e. The summed E-state index contributed by atoms with van der Waals surface area (Å²) in [6, 6.07) is 0. The van der Waals surface area contributed by atoms with Crippen LogP contribution < -0.4 is 0 Å². The van der Waals surface area contributed by atoms with E-state index in [0.29, 0.717) is 28.5 Å². The average molecular weight is 240 g/mol. The number of carbonyl (C=O) groups is 1. The Labute approximate surface area is 97.0 Å². The summed E-state index contributed by atoms with van der Waals surface area (Å²) in [5.41, 5.74) is 1.69. The van der Waals surface area contributed by atoms with E-state index >= 15 is 0 Å². The standard InChI is InChI=1S/C10H10ClN3O2/c1-3-16-10(15)7-4-12-14-5-8(11)13-9(14)6(7)2/h4-5H,3H2,1-2H3. The molecule has 0 atom stereocenters. The third-order valence-corrected chi connectivity index (χ3v) is 2.39. The molecule has 0 aliphatic heterocycles. The van der Waals surface area contributed by atoms with Crippen LogP contribution in [0.4, 0.5) is 0 Å². The second-order valence-electron chi connectivity index (χ2n) is 3.24. The molecule has 2 aromatic rings. The van der Waals surface area contributed by atoms with E-state index < -0.39 is 5.97 Å². The minimum absolute atomic E-state index is 0.332. The molecule has 0 unspecified atom stereocenters. The molecule has 2 rings (SSSR count). The summed E-state index contributed by atoms with van der Waals surface area (Å²) in [5, 5.41) is 4.38. The molecule has 0 N–H and O–H groups in total. The minimum Gasteiger partial charge on any atom is -0.462 e. The fraction of sp³-hybridized carbons (Fsp3) is 0.300. The molecule has 0 amide bonds. The lowest BCUT2D eigenvalue weighted by molar-refractivity contribution is 0.0525. The van der Waals surface area contributed by atoms with Crippen molar-refractivity contribution in [3.8, 4) is 0 Å². The molecule has 84 valence electrons. The highest BCUT2D eigenvalue weighted by Crippen LogP contribution is 2.16. The summed E-state index contributed by atoms with van der Waals surface area (Å²) in [5.74, 6) is -0.394. The van der Waals surface area contributed by atoms with Crippen molar-refractivity contribution in [1.29, 1.82) is 0 Å². The molecule has 0 saturated heterocycles. The molecule has 0 saturated carbocycles. The Morgan fingerprint density at radius 1 is 1.62 bits per heavy atom. The van der Waals surface area contributed by atoms with Gasteiger partial charge in [-0.1, -0.05) is 11.6 Å². The second kappa shape index (κ2) is 4.09. The number of rotatable bonds is 2. The molecule has 16 heavy (non-hydrogen) atoms. The SMILES string of the molecule is CCOC(=O)c1cnn2cc(Cl)nc2c1C. The summed E-state index contributed by atoms with van der Waals surface area (Å²) < 4.78 is 6.44. The van der Waals surface area contributed by atoms with Gasteiger partial charge in [0, 0.05) is 5.56 Å². The molecule has 0 aliphatic carbocycles. The summed E-state index contributed by atoms with van der Waals surface area (Å²) in [6.45, 7) is 3.87. The number of halogens is 1. The number of esters is 1. The van der Waals surface area contributed by atoms with E-state index in [1.165, 1.54) is 10.7 Å². The number of aromatic nitrogens is 3. The van der Waals surface area contributed by atoms with Gasteiger partial charge >= 0.3 is 5.97 Å². The first-order chi connectivity index (χ1) is 7.63. The van der Waals surface area contributed by atoms with Crippen LogP contribution in [-0.4, -0.2) is 27.2 Å². The first kappa shape index (κ1) is 10.9. The molecule has 5 nitrogen and oxygen atoms in total. The summed E-state index contributed by atoms with van der Waals surface area (Å²) >= 11 is 5.76. The zero-order valence-electron chi connectivity index (χ0n) is 8.90. The molecule has 0 bridgehead atoms. The fourth-order valence-corrected chi connectivity index (χ4v) is 1.61. The highest BCUT2D eigenvalue weighted by atomic mass is 35.5. The maximum absolute atomic E-state index is 11.6. The van der Waals surface area contributed by atoms with Gasteiger partial charge in [-0.15, -0.1) is 0 Å². The van der Waals surface area contributed by atoms with Gasteiger partial charge in [-0.3, -0.25) is 0 Å². The van der Waals surface area contributed by atoms with Crippen molar-refractivity contribution in [2.24, 2.45) is 0 Å². The van der Waals surface area contributed by atoms with Gasteiger partial charge in [-0.2, -0.15) is 5.10 Å². The van der Waals surface area contributed by atoms with Crippen molar-refractivity contribution in [2.75, 3.05) is 6.61 Å². The van der Waals surface area contributed by atoms with E-state index in [4.69, 9.17) is 16.3 Å². The molecule has 0 fully saturated rings. The van der Waals surface area contributed by atoms with Crippen LogP contribution in [-0.2, 0) is 4.74 Å². The molecule has 2 aromatic heterocycles. The van der Waals surface area contributed by atoms with Crippen molar-refractivity contribution < 1.29 is 9.53 Å². The predicted octanol–water partition coefficient (Wildman–Crippen LogP) is 1.87. The lowest BCUT2D eigenvalue weighted by atomic mass is 10.2. The van der Waals surface area contributed by atoms with Gasteiger partial charge in [0.1, 0.15) is 5.15 Å². The number of nitrogens with zero attached hydrogens (tertiary/aromatic N) is 3. The lowest BCUT2D eigenvalue weighted by Crippen LogP contribution is -2.09. The van der Waals surface area contributed by atoms with Crippen molar-refractivity contribution in [3.63, 3.8) is 0 Å². The molecule has 2 heterocycles. The average Bonchev–Trinajstić information content (AvgIpc) is 2.60. The monoisotopic (exact) mass is 239 g/mol. The summed E-state index contributed by atoms with van der Waals surface area (Å²) in [4.78, 5) is 15.7. The van der Waals surface area contributed by atoms with Gasteiger partial charge < -0.3 is 4.74 Å². The van der Waals surface area contributed by atoms with Gasteiger partial charge in [0.25, 0.3) is 0 Å². The third kappa shape index (κ3) is 1.74. The number of imidazole rings is 1. The predicted molar refractivity (Wildman–Crippen MR) is 58.7 cm³/mol. The van der Waals surface area contributed by atoms with Crippen molar-refractivity contribution in [2.45, 2.75) is 13.8 Å². The van der Waals surface area contributed by atoms with Crippen LogP contribution in [0.2, 0.25) is 5.15 Å². The number of aryl methyl sites for hydroxylation is 1. The first-order valence-electron chi connectivity index (χ1n) is 4.81. The Hall–Kier alpha value is -1.62. The Kier molecular flexibility index (Phi) is 2.78. The number of ether oxygens (including phenoxy) is 1. The van der Waals surface area contributed by atoms with Gasteiger partial charge in [0.15, 0.2) is 5.65 Å². The minimum atomic E-state index is -0.394. The Bertz CT molecular complexity index is 550. The van der Waals surface area contributed by atoms with Crippen molar-refractivity contribution in [3.05, 3.63) is 28.7 Å². The van der Waals surface area contributed by atoms with Crippen LogP contribution in [0.5, 0.6) is 0 Å². The number of hydrogen-bond acceptors (Lipinski definition) is 4. The molecule has 6 heteroatoms. The Morgan fingerprint density at radius 2 is 2.38 bits per heavy atom. The normalized spacial score (nSPS) is 10.7.